The molecule has 0 atom stereocenters. The van der Waals surface area contributed by atoms with E-state index in [0.717, 1.165) is 36.3 Å². The Bertz CT molecular complexity index is 1000. The third-order valence-corrected chi connectivity index (χ3v) is 5.12. The van der Waals surface area contributed by atoms with Gasteiger partial charge in [0, 0.05) is 6.21 Å². The molecule has 4 nitrogen and oxygen atoms in total. The molecule has 0 fully saturated rings. The van der Waals surface area contributed by atoms with E-state index in [9.17, 15) is 4.79 Å². The third-order valence-electron chi connectivity index (χ3n) is 5.12. The molecule has 0 heterocycles. The summed E-state index contributed by atoms with van der Waals surface area (Å²) >= 11 is 0. The monoisotopic (exact) mass is 429 g/mol. The molecule has 3 aromatic carbocycles. The van der Waals surface area contributed by atoms with Gasteiger partial charge in [-0.2, -0.15) is 0 Å². The molecular formula is C28H31NO3. The van der Waals surface area contributed by atoms with Gasteiger partial charge in [0.25, 0.3) is 0 Å². The van der Waals surface area contributed by atoms with Crippen molar-refractivity contribution in [3.05, 3.63) is 89.5 Å². The zero-order valence-electron chi connectivity index (χ0n) is 19.1. The van der Waals surface area contributed by atoms with Gasteiger partial charge < -0.3 is 9.47 Å². The minimum absolute atomic E-state index is 0.394. The van der Waals surface area contributed by atoms with Gasteiger partial charge in [0.2, 0.25) is 0 Å². The van der Waals surface area contributed by atoms with E-state index in [-0.39, 0.29) is 0 Å². The van der Waals surface area contributed by atoms with Crippen LogP contribution in [0.4, 0.5) is 5.69 Å². The van der Waals surface area contributed by atoms with Gasteiger partial charge in [-0.3, -0.25) is 4.99 Å². The summed E-state index contributed by atoms with van der Waals surface area (Å²) in [6.45, 7) is 7.20. The Labute approximate surface area is 190 Å². The van der Waals surface area contributed by atoms with Crippen LogP contribution < -0.4 is 9.47 Å². The lowest BCUT2D eigenvalue weighted by Gasteiger charge is -2.07. The molecule has 0 bridgehead atoms. The Balaban J connectivity index is 1.53. The highest BCUT2D eigenvalue weighted by Gasteiger charge is 2.09. The molecule has 0 unspecified atom stereocenters. The van der Waals surface area contributed by atoms with Gasteiger partial charge in [0.1, 0.15) is 11.5 Å². The predicted molar refractivity (Wildman–Crippen MR) is 131 cm³/mol. The molecule has 0 amide bonds. The molecule has 0 aliphatic carbocycles. The van der Waals surface area contributed by atoms with E-state index in [4.69, 9.17) is 9.47 Å². The average molecular weight is 430 g/mol. The molecule has 0 radical (unpaired) electrons. The van der Waals surface area contributed by atoms with Gasteiger partial charge in [0.15, 0.2) is 0 Å². The van der Waals surface area contributed by atoms with Gasteiger partial charge in [0.05, 0.1) is 17.9 Å². The highest BCUT2D eigenvalue weighted by Crippen LogP contribution is 2.20. The van der Waals surface area contributed by atoms with Crippen molar-refractivity contribution >= 4 is 17.9 Å². The van der Waals surface area contributed by atoms with E-state index in [1.807, 2.05) is 24.3 Å². The zero-order chi connectivity index (χ0) is 22.8. The summed E-state index contributed by atoms with van der Waals surface area (Å²) in [5.41, 5.74) is 3.62. The number of ether oxygens (including phenoxy) is 2. The van der Waals surface area contributed by atoms with Crippen LogP contribution in [0.5, 0.6) is 11.5 Å². The summed E-state index contributed by atoms with van der Waals surface area (Å²) in [6, 6.07) is 22.6. The number of carbonyl (C=O) groups excluding carboxylic acids is 1. The normalized spacial score (nSPS) is 11.1. The van der Waals surface area contributed by atoms with Crippen LogP contribution in [0.1, 0.15) is 67.4 Å². The second kappa shape index (κ2) is 11.8. The zero-order valence-corrected chi connectivity index (χ0v) is 19.1. The van der Waals surface area contributed by atoms with E-state index < -0.39 is 5.97 Å². The van der Waals surface area contributed by atoms with Gasteiger partial charge in [-0.1, -0.05) is 45.7 Å². The van der Waals surface area contributed by atoms with Crippen LogP contribution in [0.25, 0.3) is 0 Å². The summed E-state index contributed by atoms with van der Waals surface area (Å²) in [4.78, 5) is 16.9. The topological polar surface area (TPSA) is 47.9 Å². The van der Waals surface area contributed by atoms with Crippen LogP contribution >= 0.6 is 0 Å². The number of aliphatic imine (C=N–C) groups is 1. The number of carbonyl (C=O) groups is 1. The van der Waals surface area contributed by atoms with Crippen LogP contribution in [0, 0.1) is 0 Å². The number of rotatable bonds is 10. The highest BCUT2D eigenvalue weighted by molar-refractivity contribution is 5.91. The Hall–Kier alpha value is -3.40. The first-order valence-corrected chi connectivity index (χ1v) is 11.2. The molecule has 4 heteroatoms. The molecular weight excluding hydrogens is 398 g/mol. The SMILES string of the molecule is CCCCCOc1ccc(C(=O)Oc2ccc(C=Nc3ccc(C(C)C)cc3)cc2)cc1. The second-order valence-electron chi connectivity index (χ2n) is 8.04. The summed E-state index contributed by atoms with van der Waals surface area (Å²) in [7, 11) is 0. The number of benzene rings is 3. The smallest absolute Gasteiger partial charge is 0.343 e. The summed E-state index contributed by atoms with van der Waals surface area (Å²) in [5, 5.41) is 0. The van der Waals surface area contributed by atoms with E-state index in [0.29, 0.717) is 23.8 Å². The van der Waals surface area contributed by atoms with Crippen molar-refractivity contribution in [1.82, 2.24) is 0 Å². The van der Waals surface area contributed by atoms with Crippen molar-refractivity contribution in [1.29, 1.82) is 0 Å². The van der Waals surface area contributed by atoms with E-state index in [1.165, 1.54) is 5.56 Å². The average Bonchev–Trinajstić information content (AvgIpc) is 2.82. The first-order valence-electron chi connectivity index (χ1n) is 11.2. The van der Waals surface area contributed by atoms with Gasteiger partial charge in [-0.25, -0.2) is 4.79 Å². The highest BCUT2D eigenvalue weighted by atomic mass is 16.5. The Morgan fingerprint density at radius 2 is 1.53 bits per heavy atom. The summed E-state index contributed by atoms with van der Waals surface area (Å²) in [5.74, 6) is 1.37. The van der Waals surface area contributed by atoms with Gasteiger partial charge >= 0.3 is 5.97 Å². The van der Waals surface area contributed by atoms with Crippen molar-refractivity contribution in [2.45, 2.75) is 46.0 Å². The Morgan fingerprint density at radius 1 is 0.875 bits per heavy atom. The van der Waals surface area contributed by atoms with Crippen LogP contribution in [0.3, 0.4) is 0 Å². The minimum atomic E-state index is -0.394. The molecule has 32 heavy (non-hydrogen) atoms. The fourth-order valence-electron chi connectivity index (χ4n) is 3.11. The molecule has 0 aliphatic heterocycles. The molecule has 0 spiro atoms. The van der Waals surface area contributed by atoms with Crippen molar-refractivity contribution < 1.29 is 14.3 Å². The first kappa shape index (κ1) is 23.3. The van der Waals surface area contributed by atoms with Crippen molar-refractivity contribution in [3.63, 3.8) is 0 Å². The van der Waals surface area contributed by atoms with E-state index in [2.05, 4.69) is 37.9 Å². The van der Waals surface area contributed by atoms with E-state index in [1.54, 1.807) is 42.6 Å². The van der Waals surface area contributed by atoms with Crippen molar-refractivity contribution in [3.8, 4) is 11.5 Å². The van der Waals surface area contributed by atoms with E-state index >= 15 is 0 Å². The summed E-state index contributed by atoms with van der Waals surface area (Å²) in [6.07, 6.45) is 5.15. The maximum absolute atomic E-state index is 12.4. The Kier molecular flexibility index (Phi) is 8.61. The minimum Gasteiger partial charge on any atom is -0.494 e. The standard InChI is InChI=1S/C28H31NO3/c1-4-5-6-19-31-26-17-11-24(12-18-26)28(30)32-27-15-7-22(8-16-27)20-29-25-13-9-23(10-14-25)21(2)3/h7-18,20-21H,4-6,19H2,1-3H3. The maximum Gasteiger partial charge on any atom is 0.343 e. The molecule has 0 saturated heterocycles. The number of hydrogen-bond acceptors (Lipinski definition) is 4. The number of hydrogen-bond donors (Lipinski definition) is 0. The quantitative estimate of drug-likeness (QED) is 0.146. The van der Waals surface area contributed by atoms with Crippen molar-refractivity contribution in [2.24, 2.45) is 4.99 Å². The van der Waals surface area contributed by atoms with Crippen LogP contribution in [0.15, 0.2) is 77.8 Å². The lowest BCUT2D eigenvalue weighted by Crippen LogP contribution is -2.08. The third kappa shape index (κ3) is 7.09. The fourth-order valence-corrected chi connectivity index (χ4v) is 3.11. The molecule has 3 aromatic rings. The molecule has 0 aromatic heterocycles. The Morgan fingerprint density at radius 3 is 2.16 bits per heavy atom. The van der Waals surface area contributed by atoms with Crippen LogP contribution in [-0.4, -0.2) is 18.8 Å². The van der Waals surface area contributed by atoms with Crippen LogP contribution in [-0.2, 0) is 0 Å². The first-order chi connectivity index (χ1) is 15.5. The molecule has 0 aliphatic rings. The lowest BCUT2D eigenvalue weighted by molar-refractivity contribution is 0.0734. The molecule has 0 saturated carbocycles. The second-order valence-corrected chi connectivity index (χ2v) is 8.04. The number of esters is 1. The van der Waals surface area contributed by atoms with Crippen LogP contribution in [0.2, 0.25) is 0 Å². The maximum atomic E-state index is 12.4. The lowest BCUT2D eigenvalue weighted by atomic mass is 10.0. The van der Waals surface area contributed by atoms with Gasteiger partial charge in [-0.05, 0) is 84.1 Å². The number of nitrogens with zero attached hydrogens (tertiary/aromatic N) is 1. The largest absolute Gasteiger partial charge is 0.494 e. The molecule has 0 N–H and O–H groups in total. The number of unbranched alkanes of at least 4 members (excludes halogenated alkanes) is 2. The predicted octanol–water partition coefficient (Wildman–Crippen LogP) is 7.35. The fraction of sp³-hybridized carbons (Fsp3) is 0.286. The summed E-state index contributed by atoms with van der Waals surface area (Å²) < 4.78 is 11.2. The van der Waals surface area contributed by atoms with Crippen molar-refractivity contribution in [2.75, 3.05) is 6.61 Å². The molecule has 166 valence electrons. The van der Waals surface area contributed by atoms with Gasteiger partial charge in [-0.15, -0.1) is 0 Å². The molecule has 3 rings (SSSR count).